The standard InChI is InChI=1S/C21H18Cl2N4O3/c1-13-21(14(2)26(25-13)12-16-6-8-18(22)19(23)11-16)24-20(28)9-7-15-4-3-5-17(10-15)27(29)30/h3-11H,12H2,1-2H3,(H,24,28)/b9-7+. The molecule has 0 unspecified atom stereocenters. The molecule has 1 N–H and O–H groups in total. The number of nitro benzene ring substituents is 1. The minimum atomic E-state index is -0.480. The van der Waals surface area contributed by atoms with E-state index in [1.807, 2.05) is 13.0 Å². The van der Waals surface area contributed by atoms with Crippen molar-refractivity contribution in [1.29, 1.82) is 0 Å². The van der Waals surface area contributed by atoms with Gasteiger partial charge in [0.2, 0.25) is 5.91 Å². The Kier molecular flexibility index (Phi) is 6.54. The van der Waals surface area contributed by atoms with E-state index in [2.05, 4.69) is 10.4 Å². The fourth-order valence-corrected chi connectivity index (χ4v) is 3.24. The van der Waals surface area contributed by atoms with Crippen molar-refractivity contribution in [3.8, 4) is 0 Å². The van der Waals surface area contributed by atoms with Crippen LogP contribution in [0.2, 0.25) is 10.0 Å². The summed E-state index contributed by atoms with van der Waals surface area (Å²) in [6.07, 6.45) is 2.85. The first-order valence-corrected chi connectivity index (χ1v) is 9.71. The average molecular weight is 445 g/mol. The molecule has 0 aliphatic carbocycles. The third kappa shape index (κ3) is 5.06. The number of hydrogen-bond donors (Lipinski definition) is 1. The van der Waals surface area contributed by atoms with Gasteiger partial charge in [-0.25, -0.2) is 0 Å². The van der Waals surface area contributed by atoms with E-state index in [0.29, 0.717) is 33.5 Å². The van der Waals surface area contributed by atoms with Crippen LogP contribution in [0.15, 0.2) is 48.5 Å². The van der Waals surface area contributed by atoms with Gasteiger partial charge in [-0.1, -0.05) is 41.4 Å². The first-order chi connectivity index (χ1) is 14.2. The molecule has 0 saturated heterocycles. The van der Waals surface area contributed by atoms with Crippen molar-refractivity contribution in [2.45, 2.75) is 20.4 Å². The van der Waals surface area contributed by atoms with Crippen LogP contribution >= 0.6 is 23.2 Å². The summed E-state index contributed by atoms with van der Waals surface area (Å²) < 4.78 is 1.77. The minimum absolute atomic E-state index is 0.0344. The van der Waals surface area contributed by atoms with Crippen molar-refractivity contribution in [3.63, 3.8) is 0 Å². The second-order valence-electron chi connectivity index (χ2n) is 6.63. The summed E-state index contributed by atoms with van der Waals surface area (Å²) in [7, 11) is 0. The van der Waals surface area contributed by atoms with Crippen LogP contribution < -0.4 is 5.32 Å². The van der Waals surface area contributed by atoms with Crippen molar-refractivity contribution in [1.82, 2.24) is 9.78 Å². The van der Waals surface area contributed by atoms with E-state index in [4.69, 9.17) is 23.2 Å². The molecule has 0 aliphatic rings. The molecule has 0 radical (unpaired) electrons. The molecule has 0 saturated carbocycles. The second kappa shape index (κ2) is 9.11. The lowest BCUT2D eigenvalue weighted by atomic mass is 10.2. The van der Waals surface area contributed by atoms with E-state index in [1.54, 1.807) is 35.9 Å². The van der Waals surface area contributed by atoms with E-state index < -0.39 is 4.92 Å². The van der Waals surface area contributed by atoms with E-state index >= 15 is 0 Å². The van der Waals surface area contributed by atoms with Gasteiger partial charge < -0.3 is 5.32 Å². The van der Waals surface area contributed by atoms with E-state index in [1.165, 1.54) is 24.3 Å². The van der Waals surface area contributed by atoms with E-state index in [9.17, 15) is 14.9 Å². The van der Waals surface area contributed by atoms with Crippen LogP contribution in [0.4, 0.5) is 11.4 Å². The van der Waals surface area contributed by atoms with Gasteiger partial charge in [0.25, 0.3) is 5.69 Å². The van der Waals surface area contributed by atoms with Gasteiger partial charge in [0.1, 0.15) is 0 Å². The number of anilines is 1. The zero-order valence-corrected chi connectivity index (χ0v) is 17.7. The van der Waals surface area contributed by atoms with Crippen molar-refractivity contribution in [2.75, 3.05) is 5.32 Å². The van der Waals surface area contributed by atoms with Gasteiger partial charge >= 0.3 is 0 Å². The Balaban J connectivity index is 1.73. The fourth-order valence-electron chi connectivity index (χ4n) is 2.92. The minimum Gasteiger partial charge on any atom is -0.319 e. The number of halogens is 2. The number of aryl methyl sites for hydroxylation is 1. The predicted molar refractivity (Wildman–Crippen MR) is 118 cm³/mol. The molecule has 3 aromatic rings. The Morgan fingerprint density at radius 3 is 2.67 bits per heavy atom. The number of nitro groups is 1. The SMILES string of the molecule is Cc1nn(Cc2ccc(Cl)c(Cl)c2)c(C)c1NC(=O)/C=C/c1cccc([N+](=O)[O-])c1. The van der Waals surface area contributed by atoms with Gasteiger partial charge in [-0.2, -0.15) is 5.10 Å². The molecule has 1 heterocycles. The normalized spacial score (nSPS) is 11.1. The predicted octanol–water partition coefficient (Wildman–Crippen LogP) is 5.42. The number of amides is 1. The highest BCUT2D eigenvalue weighted by Gasteiger charge is 2.14. The first-order valence-electron chi connectivity index (χ1n) is 8.96. The molecule has 2 aromatic carbocycles. The summed E-state index contributed by atoms with van der Waals surface area (Å²) in [5.74, 6) is -0.359. The molecule has 0 atom stereocenters. The Labute approximate surface area is 183 Å². The van der Waals surface area contributed by atoms with Crippen molar-refractivity contribution < 1.29 is 9.72 Å². The molecule has 9 heteroatoms. The van der Waals surface area contributed by atoms with Crippen LogP contribution in [0.1, 0.15) is 22.5 Å². The van der Waals surface area contributed by atoms with Crippen LogP contribution in [-0.4, -0.2) is 20.6 Å². The number of hydrogen-bond acceptors (Lipinski definition) is 4. The van der Waals surface area contributed by atoms with Gasteiger partial charge in [-0.15, -0.1) is 0 Å². The van der Waals surface area contributed by atoms with Crippen LogP contribution in [-0.2, 0) is 11.3 Å². The van der Waals surface area contributed by atoms with Gasteiger partial charge in [-0.05, 0) is 43.2 Å². The summed E-state index contributed by atoms with van der Waals surface area (Å²) >= 11 is 12.0. The maximum atomic E-state index is 12.4. The lowest BCUT2D eigenvalue weighted by molar-refractivity contribution is -0.384. The Hall–Kier alpha value is -3.16. The summed E-state index contributed by atoms with van der Waals surface area (Å²) in [6, 6.07) is 11.4. The van der Waals surface area contributed by atoms with Crippen LogP contribution in [0.3, 0.4) is 0 Å². The summed E-state index contributed by atoms with van der Waals surface area (Å²) in [4.78, 5) is 22.7. The maximum absolute atomic E-state index is 12.4. The molecular weight excluding hydrogens is 427 g/mol. The highest BCUT2D eigenvalue weighted by molar-refractivity contribution is 6.42. The number of carbonyl (C=O) groups excluding carboxylic acids is 1. The Bertz CT molecular complexity index is 1160. The zero-order valence-electron chi connectivity index (χ0n) is 16.2. The molecule has 1 aromatic heterocycles. The van der Waals surface area contributed by atoms with Crippen molar-refractivity contribution in [3.05, 3.63) is 91.2 Å². The van der Waals surface area contributed by atoms with Gasteiger partial charge in [-0.3, -0.25) is 19.6 Å². The molecule has 0 fully saturated rings. The highest BCUT2D eigenvalue weighted by Crippen LogP contribution is 2.25. The number of nitrogens with one attached hydrogen (secondary N) is 1. The number of carbonyl (C=O) groups is 1. The third-order valence-electron chi connectivity index (χ3n) is 4.45. The van der Waals surface area contributed by atoms with Crippen molar-refractivity contribution in [2.24, 2.45) is 0 Å². The first kappa shape index (κ1) is 21.5. The van der Waals surface area contributed by atoms with Crippen LogP contribution in [0.5, 0.6) is 0 Å². The number of aromatic nitrogens is 2. The maximum Gasteiger partial charge on any atom is 0.270 e. The number of rotatable bonds is 6. The third-order valence-corrected chi connectivity index (χ3v) is 5.19. The molecule has 154 valence electrons. The van der Waals surface area contributed by atoms with Crippen LogP contribution in [0.25, 0.3) is 6.08 Å². The molecule has 0 bridgehead atoms. The number of non-ortho nitro benzene ring substituents is 1. The molecule has 0 spiro atoms. The molecule has 3 rings (SSSR count). The average Bonchev–Trinajstić information content (AvgIpc) is 2.96. The van der Waals surface area contributed by atoms with E-state index in [-0.39, 0.29) is 11.6 Å². The Morgan fingerprint density at radius 2 is 1.97 bits per heavy atom. The molecule has 1 amide bonds. The largest absolute Gasteiger partial charge is 0.319 e. The zero-order chi connectivity index (χ0) is 21.8. The molecule has 7 nitrogen and oxygen atoms in total. The van der Waals surface area contributed by atoms with Gasteiger partial charge in [0, 0.05) is 18.2 Å². The van der Waals surface area contributed by atoms with E-state index in [0.717, 1.165) is 11.3 Å². The highest BCUT2D eigenvalue weighted by atomic mass is 35.5. The summed E-state index contributed by atoms with van der Waals surface area (Å²) in [5, 5.41) is 19.1. The number of nitrogens with zero attached hydrogens (tertiary/aromatic N) is 3. The van der Waals surface area contributed by atoms with Crippen LogP contribution in [0, 0.1) is 24.0 Å². The molecular formula is C21H18Cl2N4O3. The quantitative estimate of drug-likeness (QED) is 0.312. The molecule has 30 heavy (non-hydrogen) atoms. The lowest BCUT2D eigenvalue weighted by Gasteiger charge is -2.07. The van der Waals surface area contributed by atoms with Gasteiger partial charge in [0.05, 0.1) is 38.6 Å². The van der Waals surface area contributed by atoms with Crippen molar-refractivity contribution >= 4 is 46.6 Å². The molecule has 0 aliphatic heterocycles. The second-order valence-corrected chi connectivity index (χ2v) is 7.44. The lowest BCUT2D eigenvalue weighted by Crippen LogP contribution is -2.10. The topological polar surface area (TPSA) is 90.1 Å². The number of benzene rings is 2. The van der Waals surface area contributed by atoms with Gasteiger partial charge in [0.15, 0.2) is 0 Å². The Morgan fingerprint density at radius 1 is 1.20 bits per heavy atom. The fraction of sp³-hybridized carbons (Fsp3) is 0.143. The smallest absolute Gasteiger partial charge is 0.270 e. The monoisotopic (exact) mass is 444 g/mol. The summed E-state index contributed by atoms with van der Waals surface area (Å²) in [5.41, 5.74) is 3.53. The summed E-state index contributed by atoms with van der Waals surface area (Å²) in [6.45, 7) is 4.14.